The molecular weight excluding hydrogens is 234 g/mol. The minimum Gasteiger partial charge on any atom is -0.459 e. The van der Waals surface area contributed by atoms with Gasteiger partial charge in [0.1, 0.15) is 0 Å². The molecule has 0 saturated heterocycles. The fraction of sp³-hybridized carbons (Fsp3) is 0.300. The zero-order chi connectivity index (χ0) is 12.3. The molecule has 1 aromatic rings. The van der Waals surface area contributed by atoms with Crippen LogP contribution in [0.5, 0.6) is 0 Å². The Bertz CT molecular complexity index is 431. The van der Waals surface area contributed by atoms with Crippen LogP contribution in [0.2, 0.25) is 5.02 Å². The van der Waals surface area contributed by atoms with Crippen molar-refractivity contribution in [3.8, 4) is 0 Å². The number of nitro benzene ring substituents is 1. The Kier molecular flexibility index (Phi) is 3.84. The molecule has 0 bridgehead atoms. The van der Waals surface area contributed by atoms with E-state index in [4.69, 9.17) is 16.3 Å². The van der Waals surface area contributed by atoms with Gasteiger partial charge in [0.2, 0.25) is 0 Å². The van der Waals surface area contributed by atoms with E-state index in [-0.39, 0.29) is 22.4 Å². The highest BCUT2D eigenvalue weighted by Crippen LogP contribution is 2.27. The van der Waals surface area contributed by atoms with Crippen LogP contribution in [0.15, 0.2) is 18.2 Å². The van der Waals surface area contributed by atoms with Gasteiger partial charge in [-0.2, -0.15) is 0 Å². The molecule has 0 amide bonds. The molecule has 0 saturated carbocycles. The number of hydrogen-bond donors (Lipinski definition) is 0. The first-order valence-electron chi connectivity index (χ1n) is 4.57. The zero-order valence-electron chi connectivity index (χ0n) is 8.77. The van der Waals surface area contributed by atoms with Crippen molar-refractivity contribution in [2.75, 3.05) is 0 Å². The summed E-state index contributed by atoms with van der Waals surface area (Å²) in [5.74, 6) is -0.785. The van der Waals surface area contributed by atoms with E-state index >= 15 is 0 Å². The molecule has 0 aromatic heterocycles. The number of carbonyl (C=O) groups excluding carboxylic acids is 1. The van der Waals surface area contributed by atoms with Gasteiger partial charge in [-0.1, -0.05) is 17.7 Å². The SMILES string of the molecule is CC(C)OC(=O)c1c(Cl)cccc1[N+](=O)[O-]. The lowest BCUT2D eigenvalue weighted by molar-refractivity contribution is -0.385. The Morgan fingerprint density at radius 3 is 2.62 bits per heavy atom. The van der Waals surface area contributed by atoms with Gasteiger partial charge in [0.15, 0.2) is 5.56 Å². The third kappa shape index (κ3) is 2.70. The first-order valence-corrected chi connectivity index (χ1v) is 4.95. The Morgan fingerprint density at radius 1 is 1.50 bits per heavy atom. The van der Waals surface area contributed by atoms with Gasteiger partial charge in [-0.25, -0.2) is 4.79 Å². The quantitative estimate of drug-likeness (QED) is 0.465. The number of nitrogens with zero attached hydrogens (tertiary/aromatic N) is 1. The minimum atomic E-state index is -0.785. The highest BCUT2D eigenvalue weighted by Gasteiger charge is 2.25. The van der Waals surface area contributed by atoms with E-state index in [1.807, 2.05) is 0 Å². The number of ether oxygens (including phenoxy) is 1. The van der Waals surface area contributed by atoms with Crippen LogP contribution in [-0.4, -0.2) is 17.0 Å². The van der Waals surface area contributed by atoms with Gasteiger partial charge in [-0.15, -0.1) is 0 Å². The summed E-state index contributed by atoms with van der Waals surface area (Å²) in [6, 6.07) is 4.03. The standard InChI is InChI=1S/C10H10ClNO4/c1-6(2)16-10(13)9-7(11)4-3-5-8(9)12(14)15/h3-6H,1-2H3. The normalized spacial score (nSPS) is 10.2. The lowest BCUT2D eigenvalue weighted by Gasteiger charge is -2.08. The van der Waals surface area contributed by atoms with E-state index in [9.17, 15) is 14.9 Å². The van der Waals surface area contributed by atoms with E-state index in [0.717, 1.165) is 0 Å². The van der Waals surface area contributed by atoms with Gasteiger partial charge in [0.05, 0.1) is 16.0 Å². The summed E-state index contributed by atoms with van der Waals surface area (Å²) < 4.78 is 4.88. The van der Waals surface area contributed by atoms with Crippen LogP contribution in [0.3, 0.4) is 0 Å². The van der Waals surface area contributed by atoms with Crippen LogP contribution in [0.25, 0.3) is 0 Å². The first-order chi connectivity index (χ1) is 7.43. The largest absolute Gasteiger partial charge is 0.459 e. The maximum absolute atomic E-state index is 11.6. The minimum absolute atomic E-state index is 0.0138. The second kappa shape index (κ2) is 4.94. The van der Waals surface area contributed by atoms with E-state index in [0.29, 0.717) is 0 Å². The molecule has 0 atom stereocenters. The van der Waals surface area contributed by atoms with Crippen molar-refractivity contribution in [3.05, 3.63) is 38.9 Å². The molecule has 0 unspecified atom stereocenters. The summed E-state index contributed by atoms with van der Waals surface area (Å²) in [5, 5.41) is 10.7. The van der Waals surface area contributed by atoms with E-state index in [2.05, 4.69) is 0 Å². The fourth-order valence-corrected chi connectivity index (χ4v) is 1.39. The summed E-state index contributed by atoms with van der Waals surface area (Å²) in [5.41, 5.74) is -0.555. The molecule has 5 nitrogen and oxygen atoms in total. The number of rotatable bonds is 3. The van der Waals surface area contributed by atoms with Crippen LogP contribution in [0, 0.1) is 10.1 Å². The number of nitro groups is 1. The van der Waals surface area contributed by atoms with Crippen LogP contribution in [0.4, 0.5) is 5.69 Å². The van der Waals surface area contributed by atoms with Gasteiger partial charge in [-0.3, -0.25) is 10.1 Å². The number of hydrogen-bond acceptors (Lipinski definition) is 4. The highest BCUT2D eigenvalue weighted by molar-refractivity contribution is 6.34. The molecule has 0 aliphatic rings. The predicted molar refractivity (Wildman–Crippen MR) is 58.7 cm³/mol. The molecule has 0 N–H and O–H groups in total. The molecule has 1 aromatic carbocycles. The second-order valence-corrected chi connectivity index (χ2v) is 3.75. The molecule has 0 heterocycles. The highest BCUT2D eigenvalue weighted by atomic mass is 35.5. The summed E-state index contributed by atoms with van der Waals surface area (Å²) in [6.07, 6.45) is -0.358. The van der Waals surface area contributed by atoms with E-state index in [1.54, 1.807) is 13.8 Å². The van der Waals surface area contributed by atoms with E-state index in [1.165, 1.54) is 18.2 Å². The second-order valence-electron chi connectivity index (χ2n) is 3.35. The van der Waals surface area contributed by atoms with Crippen molar-refractivity contribution in [1.82, 2.24) is 0 Å². The number of halogens is 1. The van der Waals surface area contributed by atoms with Crippen molar-refractivity contribution in [1.29, 1.82) is 0 Å². The van der Waals surface area contributed by atoms with E-state index < -0.39 is 10.9 Å². The zero-order valence-corrected chi connectivity index (χ0v) is 9.52. The number of carbonyl (C=O) groups is 1. The summed E-state index contributed by atoms with van der Waals surface area (Å²) >= 11 is 5.75. The van der Waals surface area contributed by atoms with Crippen LogP contribution in [-0.2, 0) is 4.74 Å². The van der Waals surface area contributed by atoms with Crippen molar-refractivity contribution >= 4 is 23.3 Å². The molecule has 16 heavy (non-hydrogen) atoms. The lowest BCUT2D eigenvalue weighted by atomic mass is 10.2. The Morgan fingerprint density at radius 2 is 2.12 bits per heavy atom. The summed E-state index contributed by atoms with van der Waals surface area (Å²) in [6.45, 7) is 3.31. The molecule has 86 valence electrons. The molecule has 0 aliphatic heterocycles. The van der Waals surface area contributed by atoms with Crippen LogP contribution in [0.1, 0.15) is 24.2 Å². The average Bonchev–Trinajstić information content (AvgIpc) is 2.15. The molecule has 6 heteroatoms. The maximum atomic E-state index is 11.6. The van der Waals surface area contributed by atoms with Crippen molar-refractivity contribution < 1.29 is 14.5 Å². The Balaban J connectivity index is 3.20. The van der Waals surface area contributed by atoms with Gasteiger partial charge < -0.3 is 4.74 Å². The lowest BCUT2D eigenvalue weighted by Crippen LogP contribution is -2.13. The van der Waals surface area contributed by atoms with Crippen molar-refractivity contribution in [3.63, 3.8) is 0 Å². The third-order valence-electron chi connectivity index (χ3n) is 1.74. The topological polar surface area (TPSA) is 69.4 Å². The van der Waals surface area contributed by atoms with Crippen molar-refractivity contribution in [2.45, 2.75) is 20.0 Å². The molecule has 0 aliphatic carbocycles. The summed E-state index contributed by atoms with van der Waals surface area (Å²) in [7, 11) is 0. The average molecular weight is 244 g/mol. The molecule has 1 rings (SSSR count). The molecule has 0 radical (unpaired) electrons. The summed E-state index contributed by atoms with van der Waals surface area (Å²) in [4.78, 5) is 21.6. The van der Waals surface area contributed by atoms with Gasteiger partial charge in [-0.05, 0) is 19.9 Å². The maximum Gasteiger partial charge on any atom is 0.346 e. The van der Waals surface area contributed by atoms with Gasteiger partial charge in [0, 0.05) is 6.07 Å². The van der Waals surface area contributed by atoms with Crippen LogP contribution < -0.4 is 0 Å². The molecule has 0 fully saturated rings. The predicted octanol–water partition coefficient (Wildman–Crippen LogP) is 2.81. The third-order valence-corrected chi connectivity index (χ3v) is 2.05. The van der Waals surface area contributed by atoms with Gasteiger partial charge in [0.25, 0.3) is 5.69 Å². The molecular formula is C10H10ClNO4. The monoisotopic (exact) mass is 243 g/mol. The van der Waals surface area contributed by atoms with Gasteiger partial charge >= 0.3 is 5.97 Å². The van der Waals surface area contributed by atoms with Crippen LogP contribution >= 0.6 is 11.6 Å². The number of esters is 1. The Labute approximate surface area is 97.1 Å². The van der Waals surface area contributed by atoms with Crippen molar-refractivity contribution in [2.24, 2.45) is 0 Å². The fourth-order valence-electron chi connectivity index (χ4n) is 1.14. The number of benzene rings is 1. The smallest absolute Gasteiger partial charge is 0.346 e. The Hall–Kier alpha value is -1.62. The first kappa shape index (κ1) is 12.4. The molecule has 0 spiro atoms.